The zero-order valence-corrected chi connectivity index (χ0v) is 9.45. The summed E-state index contributed by atoms with van der Waals surface area (Å²) in [6.45, 7) is 0. The van der Waals surface area contributed by atoms with Crippen LogP contribution in [0.4, 0.5) is 0 Å². The molecule has 0 saturated heterocycles. The molecule has 0 atom stereocenters. The van der Waals surface area contributed by atoms with E-state index in [1.54, 1.807) is 0 Å². The first-order valence-electron chi connectivity index (χ1n) is 4.60. The van der Waals surface area contributed by atoms with Crippen LogP contribution < -0.4 is 4.74 Å². The minimum atomic E-state index is -1.13. The SMILES string of the molecule is COc1ccc(C(=O)CCCl)cc1C(=O)O. The third kappa shape index (κ3) is 2.73. The van der Waals surface area contributed by atoms with Crippen molar-refractivity contribution in [2.75, 3.05) is 13.0 Å². The molecule has 0 saturated carbocycles. The number of halogens is 1. The van der Waals surface area contributed by atoms with E-state index in [0.29, 0.717) is 5.56 Å². The number of benzene rings is 1. The Kier molecular flexibility index (Phi) is 4.31. The lowest BCUT2D eigenvalue weighted by molar-refractivity contribution is 0.0693. The molecule has 0 aromatic heterocycles. The Morgan fingerprint density at radius 3 is 2.62 bits per heavy atom. The molecule has 1 aromatic carbocycles. The summed E-state index contributed by atoms with van der Waals surface area (Å²) in [6.07, 6.45) is 0.187. The van der Waals surface area contributed by atoms with Crippen molar-refractivity contribution in [1.29, 1.82) is 0 Å². The number of carboxylic acid groups (broad SMARTS) is 1. The molecule has 5 heteroatoms. The average Bonchev–Trinajstić information content (AvgIpc) is 2.28. The molecule has 0 aliphatic rings. The highest BCUT2D eigenvalue weighted by molar-refractivity contribution is 6.19. The van der Waals surface area contributed by atoms with Gasteiger partial charge in [-0.25, -0.2) is 4.79 Å². The predicted molar refractivity (Wildman–Crippen MR) is 59.6 cm³/mol. The second kappa shape index (κ2) is 5.51. The van der Waals surface area contributed by atoms with E-state index >= 15 is 0 Å². The summed E-state index contributed by atoms with van der Waals surface area (Å²) in [5.41, 5.74) is 0.307. The number of alkyl halides is 1. The second-order valence-electron chi connectivity index (χ2n) is 3.08. The Labute approximate surface area is 97.8 Å². The van der Waals surface area contributed by atoms with Gasteiger partial charge in [-0.2, -0.15) is 0 Å². The first-order chi connectivity index (χ1) is 7.60. The van der Waals surface area contributed by atoms with Gasteiger partial charge < -0.3 is 9.84 Å². The smallest absolute Gasteiger partial charge is 0.339 e. The molecule has 0 radical (unpaired) electrons. The van der Waals surface area contributed by atoms with Crippen molar-refractivity contribution in [3.8, 4) is 5.75 Å². The van der Waals surface area contributed by atoms with Gasteiger partial charge in [0, 0.05) is 17.9 Å². The standard InChI is InChI=1S/C11H11ClO4/c1-16-10-3-2-7(9(13)4-5-12)6-8(10)11(14)15/h2-3,6H,4-5H2,1H3,(H,14,15). The quantitative estimate of drug-likeness (QED) is 0.635. The highest BCUT2D eigenvalue weighted by Gasteiger charge is 2.14. The van der Waals surface area contributed by atoms with Crippen LogP contribution in [0.1, 0.15) is 27.1 Å². The molecule has 4 nitrogen and oxygen atoms in total. The van der Waals surface area contributed by atoms with Crippen molar-refractivity contribution in [1.82, 2.24) is 0 Å². The van der Waals surface area contributed by atoms with Crippen molar-refractivity contribution in [3.05, 3.63) is 29.3 Å². The van der Waals surface area contributed by atoms with Crippen LogP contribution in [0.25, 0.3) is 0 Å². The average molecular weight is 243 g/mol. The maximum absolute atomic E-state index is 11.5. The van der Waals surface area contributed by atoms with E-state index in [1.165, 1.54) is 25.3 Å². The Bertz CT molecular complexity index is 414. The van der Waals surface area contributed by atoms with Gasteiger partial charge in [-0.05, 0) is 18.2 Å². The Morgan fingerprint density at radius 1 is 1.44 bits per heavy atom. The fourth-order valence-corrected chi connectivity index (χ4v) is 1.45. The Balaban J connectivity index is 3.11. The van der Waals surface area contributed by atoms with E-state index in [0.717, 1.165) is 0 Å². The predicted octanol–water partition coefficient (Wildman–Crippen LogP) is 2.20. The number of aromatic carboxylic acids is 1. The van der Waals surface area contributed by atoms with Gasteiger partial charge in [0.2, 0.25) is 0 Å². The van der Waals surface area contributed by atoms with Gasteiger partial charge in [-0.15, -0.1) is 11.6 Å². The number of methoxy groups -OCH3 is 1. The summed E-state index contributed by atoms with van der Waals surface area (Å²) in [5.74, 6) is -0.861. The van der Waals surface area contributed by atoms with Crippen molar-refractivity contribution >= 4 is 23.4 Å². The Morgan fingerprint density at radius 2 is 2.12 bits per heavy atom. The van der Waals surface area contributed by atoms with E-state index in [9.17, 15) is 9.59 Å². The van der Waals surface area contributed by atoms with Gasteiger partial charge in [0.25, 0.3) is 0 Å². The number of rotatable bonds is 5. The van der Waals surface area contributed by atoms with Gasteiger partial charge in [0.05, 0.1) is 7.11 Å². The van der Waals surface area contributed by atoms with Crippen LogP contribution in [0.3, 0.4) is 0 Å². The van der Waals surface area contributed by atoms with E-state index in [4.69, 9.17) is 21.4 Å². The molecule has 86 valence electrons. The number of hydrogen-bond donors (Lipinski definition) is 1. The number of carbonyl (C=O) groups excluding carboxylic acids is 1. The molecule has 0 aliphatic heterocycles. The van der Waals surface area contributed by atoms with Crippen LogP contribution in [0, 0.1) is 0 Å². The lowest BCUT2D eigenvalue weighted by atomic mass is 10.0. The molecule has 1 rings (SSSR count). The molecule has 0 fully saturated rings. The minimum Gasteiger partial charge on any atom is -0.496 e. The largest absolute Gasteiger partial charge is 0.496 e. The number of ketones is 1. The first kappa shape index (κ1) is 12.5. The monoisotopic (exact) mass is 242 g/mol. The fraction of sp³-hybridized carbons (Fsp3) is 0.273. The van der Waals surface area contributed by atoms with Crippen LogP contribution in [0.2, 0.25) is 0 Å². The third-order valence-corrected chi connectivity index (χ3v) is 2.26. The van der Waals surface area contributed by atoms with E-state index < -0.39 is 5.97 Å². The number of Topliss-reactive ketones (excluding diaryl/α,β-unsaturated/α-hetero) is 1. The minimum absolute atomic E-state index is 0.0251. The van der Waals surface area contributed by atoms with Crippen LogP contribution in [-0.4, -0.2) is 29.8 Å². The van der Waals surface area contributed by atoms with Gasteiger partial charge in [0.15, 0.2) is 5.78 Å². The molecule has 0 amide bonds. The van der Waals surface area contributed by atoms with Gasteiger partial charge in [0.1, 0.15) is 11.3 Å². The van der Waals surface area contributed by atoms with Crippen molar-refractivity contribution in [2.24, 2.45) is 0 Å². The molecule has 0 heterocycles. The maximum Gasteiger partial charge on any atom is 0.339 e. The maximum atomic E-state index is 11.5. The summed E-state index contributed by atoms with van der Waals surface area (Å²) >= 11 is 5.45. The van der Waals surface area contributed by atoms with Crippen LogP contribution in [0.5, 0.6) is 5.75 Å². The topological polar surface area (TPSA) is 63.6 Å². The zero-order valence-electron chi connectivity index (χ0n) is 8.70. The van der Waals surface area contributed by atoms with Crippen LogP contribution >= 0.6 is 11.6 Å². The van der Waals surface area contributed by atoms with Crippen molar-refractivity contribution in [3.63, 3.8) is 0 Å². The van der Waals surface area contributed by atoms with Crippen molar-refractivity contribution in [2.45, 2.75) is 6.42 Å². The van der Waals surface area contributed by atoms with Crippen LogP contribution in [0.15, 0.2) is 18.2 Å². The molecule has 16 heavy (non-hydrogen) atoms. The first-order valence-corrected chi connectivity index (χ1v) is 5.14. The Hall–Kier alpha value is -1.55. The van der Waals surface area contributed by atoms with E-state index in [-0.39, 0.29) is 29.4 Å². The van der Waals surface area contributed by atoms with Crippen molar-refractivity contribution < 1.29 is 19.4 Å². The molecule has 0 unspecified atom stereocenters. The number of carboxylic acids is 1. The number of carbonyl (C=O) groups is 2. The van der Waals surface area contributed by atoms with Crippen LogP contribution in [-0.2, 0) is 0 Å². The molecule has 0 spiro atoms. The van der Waals surface area contributed by atoms with E-state index in [1.807, 2.05) is 0 Å². The lowest BCUT2D eigenvalue weighted by Gasteiger charge is -2.06. The number of ether oxygens (including phenoxy) is 1. The normalized spacial score (nSPS) is 9.88. The molecule has 0 bridgehead atoms. The van der Waals surface area contributed by atoms with E-state index in [2.05, 4.69) is 0 Å². The van der Waals surface area contributed by atoms with Gasteiger partial charge >= 0.3 is 5.97 Å². The summed E-state index contributed by atoms with van der Waals surface area (Å²) in [5, 5.41) is 8.92. The molecule has 1 N–H and O–H groups in total. The molecular weight excluding hydrogens is 232 g/mol. The second-order valence-corrected chi connectivity index (χ2v) is 3.46. The molecular formula is C11H11ClO4. The van der Waals surface area contributed by atoms with Gasteiger partial charge in [-0.3, -0.25) is 4.79 Å². The van der Waals surface area contributed by atoms with Gasteiger partial charge in [-0.1, -0.05) is 0 Å². The summed E-state index contributed by atoms with van der Waals surface area (Å²) in [6, 6.07) is 4.29. The summed E-state index contributed by atoms with van der Waals surface area (Å²) in [4.78, 5) is 22.4. The zero-order chi connectivity index (χ0) is 12.1. The molecule has 1 aromatic rings. The highest BCUT2D eigenvalue weighted by atomic mass is 35.5. The molecule has 0 aliphatic carbocycles. The highest BCUT2D eigenvalue weighted by Crippen LogP contribution is 2.20. The fourth-order valence-electron chi connectivity index (χ4n) is 1.28. The third-order valence-electron chi connectivity index (χ3n) is 2.07. The summed E-state index contributed by atoms with van der Waals surface area (Å²) < 4.78 is 4.88. The summed E-state index contributed by atoms with van der Waals surface area (Å²) in [7, 11) is 1.38. The number of hydrogen-bond acceptors (Lipinski definition) is 3. The lowest BCUT2D eigenvalue weighted by Crippen LogP contribution is -2.05.